The number of carbonyl (C=O) groups is 1. The first kappa shape index (κ1) is 23.9. The number of para-hydroxylation sites is 2. The SMILES string of the molecule is COc1cc([C@H]2Nc3ccccc3C(=O)N2/N=C(/C)c2ccccc2O)ccc1OCc1ccccc1. The Kier molecular flexibility index (Phi) is 6.76. The Morgan fingerprint density at radius 2 is 1.68 bits per heavy atom. The number of rotatable bonds is 7. The van der Waals surface area contributed by atoms with E-state index in [0.29, 0.717) is 40.6 Å². The van der Waals surface area contributed by atoms with E-state index < -0.39 is 6.17 Å². The molecule has 5 rings (SSSR count). The summed E-state index contributed by atoms with van der Waals surface area (Å²) in [7, 11) is 1.58. The van der Waals surface area contributed by atoms with E-state index in [1.807, 2.05) is 72.8 Å². The zero-order valence-corrected chi connectivity index (χ0v) is 20.6. The van der Waals surface area contributed by atoms with Gasteiger partial charge >= 0.3 is 0 Å². The van der Waals surface area contributed by atoms with Gasteiger partial charge in [-0.15, -0.1) is 0 Å². The van der Waals surface area contributed by atoms with E-state index in [0.717, 1.165) is 11.1 Å². The lowest BCUT2D eigenvalue weighted by Crippen LogP contribution is -2.40. The highest BCUT2D eigenvalue weighted by Crippen LogP contribution is 2.37. The van der Waals surface area contributed by atoms with Crippen molar-refractivity contribution in [3.05, 3.63) is 119 Å². The molecule has 0 fully saturated rings. The number of ether oxygens (including phenoxy) is 2. The molecule has 4 aromatic carbocycles. The van der Waals surface area contributed by atoms with Gasteiger partial charge in [-0.3, -0.25) is 4.79 Å². The number of aromatic hydroxyl groups is 1. The number of phenols is 1. The number of anilines is 1. The summed E-state index contributed by atoms with van der Waals surface area (Å²) >= 11 is 0. The number of nitrogens with zero attached hydrogens (tertiary/aromatic N) is 2. The number of benzene rings is 4. The van der Waals surface area contributed by atoms with Gasteiger partial charge in [-0.25, -0.2) is 5.01 Å². The summed E-state index contributed by atoms with van der Waals surface area (Å²) in [5.41, 5.74) is 4.10. The van der Waals surface area contributed by atoms with Crippen LogP contribution in [0.5, 0.6) is 17.2 Å². The van der Waals surface area contributed by atoms with Crippen molar-refractivity contribution in [1.29, 1.82) is 0 Å². The molecule has 0 saturated carbocycles. The lowest BCUT2D eigenvalue weighted by Gasteiger charge is -2.35. The Morgan fingerprint density at radius 1 is 0.946 bits per heavy atom. The second-order valence-electron chi connectivity index (χ2n) is 8.63. The van der Waals surface area contributed by atoms with Gasteiger partial charge in [-0.1, -0.05) is 60.7 Å². The lowest BCUT2D eigenvalue weighted by molar-refractivity contribution is 0.0689. The van der Waals surface area contributed by atoms with E-state index in [-0.39, 0.29) is 11.7 Å². The van der Waals surface area contributed by atoms with Crippen molar-refractivity contribution >= 4 is 17.3 Å². The van der Waals surface area contributed by atoms with Gasteiger partial charge in [0.25, 0.3) is 5.91 Å². The fourth-order valence-electron chi connectivity index (χ4n) is 4.28. The molecular weight excluding hydrogens is 466 g/mol. The summed E-state index contributed by atoms with van der Waals surface area (Å²) in [6, 6.07) is 29.7. The topological polar surface area (TPSA) is 83.4 Å². The molecule has 1 atom stereocenters. The lowest BCUT2D eigenvalue weighted by atomic mass is 10.0. The number of nitrogens with one attached hydrogen (secondary N) is 1. The third-order valence-corrected chi connectivity index (χ3v) is 6.19. The number of phenolic OH excluding ortho intramolecular Hbond substituents is 1. The van der Waals surface area contributed by atoms with Crippen LogP contribution in [0.1, 0.15) is 40.1 Å². The minimum absolute atomic E-state index is 0.0969. The second-order valence-corrected chi connectivity index (χ2v) is 8.63. The number of fused-ring (bicyclic) bond motifs is 1. The van der Waals surface area contributed by atoms with Crippen LogP contribution in [-0.2, 0) is 6.61 Å². The molecule has 1 heterocycles. The summed E-state index contributed by atoms with van der Waals surface area (Å²) in [5.74, 6) is 0.984. The molecule has 7 heteroatoms. The highest BCUT2D eigenvalue weighted by molar-refractivity contribution is 6.05. The molecule has 1 amide bonds. The maximum atomic E-state index is 13.6. The van der Waals surface area contributed by atoms with Gasteiger partial charge in [0.1, 0.15) is 12.4 Å². The van der Waals surface area contributed by atoms with Crippen LogP contribution >= 0.6 is 0 Å². The Hall–Kier alpha value is -4.78. The van der Waals surface area contributed by atoms with Gasteiger partial charge in [0.15, 0.2) is 17.7 Å². The van der Waals surface area contributed by atoms with Crippen molar-refractivity contribution in [2.75, 3.05) is 12.4 Å². The highest BCUT2D eigenvalue weighted by Gasteiger charge is 2.34. The van der Waals surface area contributed by atoms with Crippen LogP contribution < -0.4 is 14.8 Å². The molecule has 4 aromatic rings. The van der Waals surface area contributed by atoms with Gasteiger partial charge in [-0.05, 0) is 48.9 Å². The molecule has 0 saturated heterocycles. The quantitative estimate of drug-likeness (QED) is 0.310. The van der Waals surface area contributed by atoms with Crippen molar-refractivity contribution in [3.8, 4) is 17.2 Å². The van der Waals surface area contributed by atoms with Crippen LogP contribution in [0.4, 0.5) is 5.69 Å². The Morgan fingerprint density at radius 3 is 2.46 bits per heavy atom. The Bertz CT molecular complexity index is 1450. The monoisotopic (exact) mass is 493 g/mol. The summed E-state index contributed by atoms with van der Waals surface area (Å²) in [4.78, 5) is 13.6. The van der Waals surface area contributed by atoms with Gasteiger partial charge in [0, 0.05) is 16.8 Å². The van der Waals surface area contributed by atoms with E-state index in [1.165, 1.54) is 5.01 Å². The normalized spacial score (nSPS) is 15.1. The molecule has 0 bridgehead atoms. The van der Waals surface area contributed by atoms with Crippen molar-refractivity contribution in [1.82, 2.24) is 5.01 Å². The summed E-state index contributed by atoms with van der Waals surface area (Å²) in [6.45, 7) is 2.17. The molecule has 0 unspecified atom stereocenters. The fraction of sp³-hybridized carbons (Fsp3) is 0.133. The van der Waals surface area contributed by atoms with E-state index in [2.05, 4.69) is 10.4 Å². The Balaban J connectivity index is 1.51. The summed E-state index contributed by atoms with van der Waals surface area (Å²) in [5, 5.41) is 19.8. The van der Waals surface area contributed by atoms with Crippen LogP contribution in [0.3, 0.4) is 0 Å². The van der Waals surface area contributed by atoms with Gasteiger partial charge in [-0.2, -0.15) is 5.10 Å². The minimum atomic E-state index is -0.611. The maximum Gasteiger partial charge on any atom is 0.278 e. The number of hydrogen-bond acceptors (Lipinski definition) is 6. The summed E-state index contributed by atoms with van der Waals surface area (Å²) in [6.07, 6.45) is -0.611. The fourth-order valence-corrected chi connectivity index (χ4v) is 4.28. The molecule has 1 aliphatic heterocycles. The van der Waals surface area contributed by atoms with Crippen molar-refractivity contribution in [2.24, 2.45) is 5.10 Å². The third-order valence-electron chi connectivity index (χ3n) is 6.19. The van der Waals surface area contributed by atoms with Crippen LogP contribution in [0, 0.1) is 0 Å². The second kappa shape index (κ2) is 10.5. The van der Waals surface area contributed by atoms with Crippen LogP contribution in [-0.4, -0.2) is 28.8 Å². The van der Waals surface area contributed by atoms with Crippen molar-refractivity contribution in [3.63, 3.8) is 0 Å². The number of methoxy groups -OCH3 is 1. The first-order valence-electron chi connectivity index (χ1n) is 11.9. The smallest absolute Gasteiger partial charge is 0.278 e. The van der Waals surface area contributed by atoms with E-state index in [1.54, 1.807) is 38.3 Å². The molecule has 0 spiro atoms. The minimum Gasteiger partial charge on any atom is -0.507 e. The van der Waals surface area contributed by atoms with E-state index in [4.69, 9.17) is 9.47 Å². The average molecular weight is 494 g/mol. The van der Waals surface area contributed by atoms with Crippen molar-refractivity contribution in [2.45, 2.75) is 19.7 Å². The molecule has 186 valence electrons. The molecule has 7 nitrogen and oxygen atoms in total. The first-order chi connectivity index (χ1) is 18.0. The molecule has 0 aromatic heterocycles. The predicted molar refractivity (Wildman–Crippen MR) is 143 cm³/mol. The van der Waals surface area contributed by atoms with Gasteiger partial charge in [0.2, 0.25) is 0 Å². The van der Waals surface area contributed by atoms with Crippen LogP contribution in [0.2, 0.25) is 0 Å². The van der Waals surface area contributed by atoms with E-state index >= 15 is 0 Å². The van der Waals surface area contributed by atoms with E-state index in [9.17, 15) is 9.90 Å². The average Bonchev–Trinajstić information content (AvgIpc) is 2.94. The number of hydrazone groups is 1. The number of carbonyl (C=O) groups excluding carboxylic acids is 1. The van der Waals surface area contributed by atoms with Crippen LogP contribution in [0.25, 0.3) is 0 Å². The Labute approximate surface area is 215 Å². The highest BCUT2D eigenvalue weighted by atomic mass is 16.5. The zero-order chi connectivity index (χ0) is 25.8. The van der Waals surface area contributed by atoms with Crippen molar-refractivity contribution < 1.29 is 19.4 Å². The molecule has 0 radical (unpaired) electrons. The zero-order valence-electron chi connectivity index (χ0n) is 20.6. The molecule has 0 aliphatic carbocycles. The maximum absolute atomic E-state index is 13.6. The summed E-state index contributed by atoms with van der Waals surface area (Å²) < 4.78 is 11.7. The molecule has 37 heavy (non-hydrogen) atoms. The first-order valence-corrected chi connectivity index (χ1v) is 11.9. The molecular formula is C30H27N3O4. The van der Waals surface area contributed by atoms with Crippen LogP contribution in [0.15, 0.2) is 102 Å². The van der Waals surface area contributed by atoms with Gasteiger partial charge in [0.05, 0.1) is 18.4 Å². The molecule has 1 aliphatic rings. The number of amides is 1. The number of hydrogen-bond donors (Lipinski definition) is 2. The molecule has 2 N–H and O–H groups in total. The predicted octanol–water partition coefficient (Wildman–Crippen LogP) is 5.97. The third kappa shape index (κ3) is 4.97. The standard InChI is InChI=1S/C30H27N3O4/c1-20(23-12-7-9-15-26(23)34)32-33-29(31-25-14-8-6-13-24(25)30(33)35)22-16-17-27(28(18-22)36-2)37-19-21-10-4-3-5-11-21/h3-18,29,31,34H,19H2,1-2H3/b32-20-/t29-/m0/s1. The van der Waals surface area contributed by atoms with Gasteiger partial charge < -0.3 is 19.9 Å². The largest absolute Gasteiger partial charge is 0.507 e.